The molecule has 45 heavy (non-hydrogen) atoms. The number of anilines is 3. The van der Waals surface area contributed by atoms with Gasteiger partial charge < -0.3 is 9.64 Å². The molecular weight excluding hydrogens is 554 g/mol. The Morgan fingerprint density at radius 1 is 0.889 bits per heavy atom. The van der Waals surface area contributed by atoms with Gasteiger partial charge in [0.05, 0.1) is 22.8 Å². The zero-order chi connectivity index (χ0) is 30.9. The van der Waals surface area contributed by atoms with E-state index < -0.39 is 6.10 Å². The van der Waals surface area contributed by atoms with Gasteiger partial charge in [0.2, 0.25) is 0 Å². The van der Waals surface area contributed by atoms with Crippen molar-refractivity contribution in [3.05, 3.63) is 144 Å². The monoisotopic (exact) mass is 593 g/mol. The van der Waals surface area contributed by atoms with E-state index in [1.54, 1.807) is 0 Å². The average Bonchev–Trinajstić information content (AvgIpc) is 3.09. The van der Waals surface area contributed by atoms with Crippen LogP contribution < -0.4 is 4.90 Å². The summed E-state index contributed by atoms with van der Waals surface area (Å²) in [5.41, 5.74) is 7.52. The molecular formula is C40H39N3O2. The lowest BCUT2D eigenvalue weighted by Crippen LogP contribution is -2.55. The zero-order valence-corrected chi connectivity index (χ0v) is 26.0. The molecule has 1 unspecified atom stereocenters. The lowest BCUT2D eigenvalue weighted by atomic mass is 9.73. The minimum Gasteiger partial charge on any atom is -0.452 e. The molecule has 1 aromatic heterocycles. The van der Waals surface area contributed by atoms with Gasteiger partial charge in [0, 0.05) is 35.1 Å². The van der Waals surface area contributed by atoms with E-state index in [1.165, 1.54) is 0 Å². The van der Waals surface area contributed by atoms with Crippen LogP contribution in [0.15, 0.2) is 122 Å². The van der Waals surface area contributed by atoms with E-state index in [9.17, 15) is 4.79 Å². The zero-order valence-electron chi connectivity index (χ0n) is 26.0. The summed E-state index contributed by atoms with van der Waals surface area (Å²) in [6, 6.07) is 34.7. The first-order chi connectivity index (χ1) is 22.0. The van der Waals surface area contributed by atoms with E-state index in [0.717, 1.165) is 70.6 Å². The van der Waals surface area contributed by atoms with E-state index in [4.69, 9.17) is 4.74 Å². The number of hydrogen-bond donors (Lipinski definition) is 0. The maximum atomic E-state index is 14.6. The van der Waals surface area contributed by atoms with Gasteiger partial charge in [0.1, 0.15) is 6.10 Å². The van der Waals surface area contributed by atoms with Crippen molar-refractivity contribution in [3.63, 3.8) is 0 Å². The van der Waals surface area contributed by atoms with Crippen molar-refractivity contribution in [2.75, 3.05) is 18.0 Å². The molecule has 5 atom stereocenters. The molecule has 3 aliphatic rings. The number of nitrogens with zero attached hydrogens (tertiary/aromatic N) is 3. The van der Waals surface area contributed by atoms with Crippen LogP contribution >= 0.6 is 0 Å². The van der Waals surface area contributed by atoms with Crippen molar-refractivity contribution in [2.24, 2.45) is 11.8 Å². The van der Waals surface area contributed by atoms with Gasteiger partial charge in [-0.15, -0.1) is 6.58 Å². The summed E-state index contributed by atoms with van der Waals surface area (Å²) in [5.74, 6) is 0.682. The molecule has 3 fully saturated rings. The number of ether oxygens (including phenoxy) is 1. The number of fused-ring (bicyclic) bond motifs is 4. The minimum absolute atomic E-state index is 0.0747. The predicted molar refractivity (Wildman–Crippen MR) is 182 cm³/mol. The highest BCUT2D eigenvalue weighted by Gasteiger charge is 2.44. The minimum atomic E-state index is -0.447. The van der Waals surface area contributed by atoms with Crippen molar-refractivity contribution < 1.29 is 9.53 Å². The predicted octanol–water partition coefficient (Wildman–Crippen LogP) is 9.12. The van der Waals surface area contributed by atoms with E-state index in [0.29, 0.717) is 17.4 Å². The van der Waals surface area contributed by atoms with Crippen LogP contribution in [0.25, 0.3) is 10.9 Å². The number of piperidine rings is 3. The summed E-state index contributed by atoms with van der Waals surface area (Å²) in [6.07, 6.45) is 5.62. The van der Waals surface area contributed by atoms with Crippen LogP contribution in [-0.4, -0.2) is 35.0 Å². The van der Waals surface area contributed by atoms with Crippen molar-refractivity contribution >= 4 is 33.9 Å². The molecule has 4 aromatic carbocycles. The van der Waals surface area contributed by atoms with Crippen molar-refractivity contribution in [1.29, 1.82) is 0 Å². The molecule has 0 amide bonds. The molecule has 5 aromatic rings. The van der Waals surface area contributed by atoms with Crippen LogP contribution in [0.5, 0.6) is 0 Å². The number of hydrogen-bond acceptors (Lipinski definition) is 5. The Kier molecular flexibility index (Phi) is 7.95. The maximum absolute atomic E-state index is 14.6. The quantitative estimate of drug-likeness (QED) is 0.133. The van der Waals surface area contributed by atoms with E-state index in [1.807, 2.05) is 79.0 Å². The van der Waals surface area contributed by atoms with Crippen LogP contribution in [0.3, 0.4) is 0 Å². The third kappa shape index (κ3) is 5.42. The van der Waals surface area contributed by atoms with E-state index in [-0.39, 0.29) is 12.0 Å². The third-order valence-corrected chi connectivity index (χ3v) is 9.80. The smallest absolute Gasteiger partial charge is 0.340 e. The average molecular weight is 594 g/mol. The van der Waals surface area contributed by atoms with Gasteiger partial charge in [-0.25, -0.2) is 4.79 Å². The van der Waals surface area contributed by atoms with Crippen LogP contribution in [0.2, 0.25) is 0 Å². The molecule has 0 N–H and O–H groups in total. The second-order valence-corrected chi connectivity index (χ2v) is 12.4. The summed E-state index contributed by atoms with van der Waals surface area (Å²) < 4.78 is 6.75. The largest absolute Gasteiger partial charge is 0.452 e. The summed E-state index contributed by atoms with van der Waals surface area (Å²) in [4.78, 5) is 23.9. The number of aryl methyl sites for hydroxylation is 2. The van der Waals surface area contributed by atoms with Gasteiger partial charge in [-0.1, -0.05) is 72.8 Å². The molecule has 0 saturated carbocycles. The maximum Gasteiger partial charge on any atom is 0.340 e. The molecule has 4 heterocycles. The Balaban J connectivity index is 1.33. The number of esters is 1. The fraction of sp³-hybridized carbons (Fsp3) is 0.250. The normalized spacial score (nSPS) is 21.3. The van der Waals surface area contributed by atoms with E-state index in [2.05, 4.69) is 71.6 Å². The second kappa shape index (κ2) is 12.3. The number of rotatable bonds is 8. The number of benzene rings is 4. The van der Waals surface area contributed by atoms with Crippen LogP contribution in [0.1, 0.15) is 46.0 Å². The number of para-hydroxylation sites is 4. The van der Waals surface area contributed by atoms with Crippen molar-refractivity contribution in [1.82, 2.24) is 9.88 Å². The highest BCUT2D eigenvalue weighted by molar-refractivity contribution is 5.99. The third-order valence-electron chi connectivity index (χ3n) is 9.80. The SMILES string of the molecule is C=C[C@H]1CN2CC[C@H]1C[C@H]2[C@H](OC(=O)c1ccccc1N(c1ccccc1C)c1ccccc1C)c1ccnc2ccccc12. The molecule has 0 aliphatic carbocycles. The molecule has 8 rings (SSSR count). The van der Waals surface area contributed by atoms with Crippen molar-refractivity contribution in [3.8, 4) is 0 Å². The molecule has 5 nitrogen and oxygen atoms in total. The Hall–Kier alpha value is -4.74. The summed E-state index contributed by atoms with van der Waals surface area (Å²) in [7, 11) is 0. The summed E-state index contributed by atoms with van der Waals surface area (Å²) in [6.45, 7) is 10.3. The Morgan fingerprint density at radius 3 is 2.20 bits per heavy atom. The van der Waals surface area contributed by atoms with Gasteiger partial charge in [0.15, 0.2) is 0 Å². The van der Waals surface area contributed by atoms with Gasteiger partial charge in [-0.05, 0) is 92.6 Å². The van der Waals surface area contributed by atoms with Crippen LogP contribution in [-0.2, 0) is 4.74 Å². The summed E-state index contributed by atoms with van der Waals surface area (Å²) >= 11 is 0. The van der Waals surface area contributed by atoms with Crippen molar-refractivity contribution in [2.45, 2.75) is 38.8 Å². The topological polar surface area (TPSA) is 45.7 Å². The van der Waals surface area contributed by atoms with Gasteiger partial charge in [-0.2, -0.15) is 0 Å². The Labute approximate surface area is 265 Å². The van der Waals surface area contributed by atoms with Gasteiger partial charge >= 0.3 is 5.97 Å². The molecule has 3 saturated heterocycles. The highest BCUT2D eigenvalue weighted by atomic mass is 16.5. The fourth-order valence-corrected chi connectivity index (χ4v) is 7.45. The number of carbonyl (C=O) groups is 1. The first-order valence-corrected chi connectivity index (χ1v) is 15.9. The van der Waals surface area contributed by atoms with Crippen LogP contribution in [0.4, 0.5) is 17.1 Å². The molecule has 2 bridgehead atoms. The van der Waals surface area contributed by atoms with Gasteiger partial charge in [-0.3, -0.25) is 9.88 Å². The summed E-state index contributed by atoms with van der Waals surface area (Å²) in [5, 5.41) is 1.02. The molecule has 3 aliphatic heterocycles. The number of aromatic nitrogens is 1. The highest BCUT2D eigenvalue weighted by Crippen LogP contribution is 2.45. The Morgan fingerprint density at radius 2 is 1.53 bits per heavy atom. The lowest BCUT2D eigenvalue weighted by molar-refractivity contribution is -0.0567. The van der Waals surface area contributed by atoms with Crippen LogP contribution in [0, 0.1) is 25.7 Å². The number of pyridine rings is 1. The first-order valence-electron chi connectivity index (χ1n) is 15.9. The second-order valence-electron chi connectivity index (χ2n) is 12.4. The molecule has 226 valence electrons. The molecule has 0 radical (unpaired) electrons. The fourth-order valence-electron chi connectivity index (χ4n) is 7.45. The Bertz CT molecular complexity index is 1820. The van der Waals surface area contributed by atoms with Gasteiger partial charge in [0.25, 0.3) is 0 Å². The standard InChI is InChI=1S/C40H39N3O2/c1-4-29-26-42-24-22-30(29)25-38(42)39(32-21-23-41-34-17-9-7-15-31(32)34)45-40(44)33-16-8-12-20-37(33)43(35-18-10-5-13-27(35)2)36-19-11-6-14-28(36)3/h4-21,23,29-30,38-39H,1,22,24-26H2,2-3H3/t29-,30-,38-,39+/m0/s1. The molecule has 0 spiro atoms. The number of carbonyl (C=O) groups excluding carboxylic acids is 1. The lowest BCUT2D eigenvalue weighted by Gasteiger charge is -2.51. The van der Waals surface area contributed by atoms with E-state index >= 15 is 0 Å². The molecule has 5 heteroatoms. The first kappa shape index (κ1) is 29.0.